The van der Waals surface area contributed by atoms with Crippen LogP contribution in [0.3, 0.4) is 0 Å². The van der Waals surface area contributed by atoms with Gasteiger partial charge in [0.2, 0.25) is 0 Å². The molecule has 0 aliphatic carbocycles. The van der Waals surface area contributed by atoms with E-state index in [-0.39, 0.29) is 27.8 Å². The lowest BCUT2D eigenvalue weighted by Crippen LogP contribution is -2.35. The Bertz CT molecular complexity index is 1420. The fraction of sp³-hybridized carbons (Fsp3) is 0.192. The van der Waals surface area contributed by atoms with Crippen LogP contribution in [0.5, 0.6) is 0 Å². The monoisotopic (exact) mass is 508 g/mol. The molecule has 0 saturated heterocycles. The fourth-order valence-electron chi connectivity index (χ4n) is 4.19. The number of nitrogens with zero attached hydrogens (tertiary/aromatic N) is 1. The molecule has 0 saturated carbocycles. The Morgan fingerprint density at radius 3 is 2.06 bits per heavy atom. The third kappa shape index (κ3) is 4.67. The maximum Gasteiger partial charge on any atom is 0.337 e. The van der Waals surface area contributed by atoms with Gasteiger partial charge in [-0.25, -0.2) is 18.0 Å². The highest BCUT2D eigenvalue weighted by Crippen LogP contribution is 2.37. The lowest BCUT2D eigenvalue weighted by Gasteiger charge is -2.24. The van der Waals surface area contributed by atoms with Gasteiger partial charge in [0.15, 0.2) is 0 Å². The Balaban J connectivity index is 1.63. The van der Waals surface area contributed by atoms with Crippen molar-refractivity contribution in [2.45, 2.75) is 24.3 Å². The number of carbonyl (C=O) groups excluding carboxylic acids is 3. The molecule has 0 spiro atoms. The van der Waals surface area contributed by atoms with Crippen LogP contribution in [0.2, 0.25) is 0 Å². The zero-order valence-corrected chi connectivity index (χ0v) is 20.7. The molecule has 3 aromatic rings. The van der Waals surface area contributed by atoms with Crippen LogP contribution in [0, 0.1) is 0 Å². The lowest BCUT2D eigenvalue weighted by atomic mass is 10.1. The van der Waals surface area contributed by atoms with Crippen molar-refractivity contribution >= 4 is 39.2 Å². The van der Waals surface area contributed by atoms with Crippen molar-refractivity contribution in [3.05, 3.63) is 89.0 Å². The van der Waals surface area contributed by atoms with Crippen LogP contribution in [-0.4, -0.2) is 46.5 Å². The number of fused-ring (bicyclic) bond motifs is 1. The summed E-state index contributed by atoms with van der Waals surface area (Å²) in [5.41, 5.74) is 1.87. The molecule has 1 heterocycles. The van der Waals surface area contributed by atoms with E-state index in [1.807, 2.05) is 6.92 Å². The number of esters is 2. The number of hydrogen-bond donors (Lipinski definition) is 1. The molecule has 0 unspecified atom stereocenters. The number of ether oxygens (including phenoxy) is 2. The molecule has 36 heavy (non-hydrogen) atoms. The topological polar surface area (TPSA) is 119 Å². The zero-order valence-electron chi connectivity index (χ0n) is 19.8. The third-order valence-electron chi connectivity index (χ3n) is 5.83. The fourth-order valence-corrected chi connectivity index (χ4v) is 5.90. The summed E-state index contributed by atoms with van der Waals surface area (Å²) in [5.74, 6) is -1.85. The molecule has 0 aromatic heterocycles. The van der Waals surface area contributed by atoms with Gasteiger partial charge in [0.1, 0.15) is 0 Å². The first-order valence-electron chi connectivity index (χ1n) is 11.0. The first kappa shape index (κ1) is 24.9. The van der Waals surface area contributed by atoms with Crippen LogP contribution < -0.4 is 9.62 Å². The Labute approximate surface area is 208 Å². The van der Waals surface area contributed by atoms with Crippen molar-refractivity contribution in [2.75, 3.05) is 23.8 Å². The number of rotatable bonds is 6. The van der Waals surface area contributed by atoms with E-state index in [0.29, 0.717) is 23.2 Å². The Hall–Kier alpha value is -4.18. The second-order valence-corrected chi connectivity index (χ2v) is 10.1. The zero-order chi connectivity index (χ0) is 26.0. The minimum Gasteiger partial charge on any atom is -0.465 e. The summed E-state index contributed by atoms with van der Waals surface area (Å²) in [6, 6.07) is 16.7. The van der Waals surface area contributed by atoms with Gasteiger partial charge in [-0.05, 0) is 67.4 Å². The molecule has 1 aliphatic heterocycles. The van der Waals surface area contributed by atoms with E-state index in [1.54, 1.807) is 42.5 Å². The van der Waals surface area contributed by atoms with Crippen molar-refractivity contribution < 1.29 is 32.3 Å². The Kier molecular flexibility index (Phi) is 6.80. The number of methoxy groups -OCH3 is 2. The summed E-state index contributed by atoms with van der Waals surface area (Å²) in [7, 11) is -1.36. The normalized spacial score (nSPS) is 14.6. The third-order valence-corrected chi connectivity index (χ3v) is 7.77. The highest BCUT2D eigenvalue weighted by molar-refractivity contribution is 7.92. The number of nitrogens with one attached hydrogen (secondary N) is 1. The van der Waals surface area contributed by atoms with E-state index in [1.165, 1.54) is 42.8 Å². The molecule has 3 aromatic carbocycles. The van der Waals surface area contributed by atoms with Crippen molar-refractivity contribution in [1.29, 1.82) is 0 Å². The van der Waals surface area contributed by atoms with Crippen LogP contribution in [0.1, 0.15) is 43.6 Å². The van der Waals surface area contributed by atoms with Gasteiger partial charge in [0.25, 0.3) is 15.9 Å². The summed E-state index contributed by atoms with van der Waals surface area (Å²) in [4.78, 5) is 37.2. The van der Waals surface area contributed by atoms with Crippen molar-refractivity contribution in [2.24, 2.45) is 0 Å². The van der Waals surface area contributed by atoms with Gasteiger partial charge < -0.3 is 14.8 Å². The van der Waals surface area contributed by atoms with Crippen molar-refractivity contribution in [3.8, 4) is 0 Å². The average Bonchev–Trinajstić information content (AvgIpc) is 3.23. The molecular weight excluding hydrogens is 484 g/mol. The number of benzene rings is 3. The Morgan fingerprint density at radius 2 is 1.47 bits per heavy atom. The maximum absolute atomic E-state index is 13.3. The van der Waals surface area contributed by atoms with Crippen molar-refractivity contribution in [1.82, 2.24) is 0 Å². The van der Waals surface area contributed by atoms with Crippen LogP contribution >= 0.6 is 0 Å². The highest BCUT2D eigenvalue weighted by Gasteiger charge is 2.36. The molecule has 1 atom stereocenters. The van der Waals surface area contributed by atoms with Gasteiger partial charge in [-0.2, -0.15) is 0 Å². The molecule has 10 heteroatoms. The van der Waals surface area contributed by atoms with E-state index >= 15 is 0 Å². The minimum absolute atomic E-state index is 0.0697. The minimum atomic E-state index is -3.77. The first-order valence-corrected chi connectivity index (χ1v) is 12.4. The van der Waals surface area contributed by atoms with Crippen LogP contribution in [0.4, 0.5) is 11.4 Å². The lowest BCUT2D eigenvalue weighted by molar-refractivity contribution is 0.0598. The van der Waals surface area contributed by atoms with E-state index in [9.17, 15) is 22.8 Å². The molecular formula is C26H24N2O7S. The molecule has 186 valence electrons. The van der Waals surface area contributed by atoms with Crippen LogP contribution in [-0.2, 0) is 25.9 Å². The first-order chi connectivity index (χ1) is 17.1. The number of hydrogen-bond acceptors (Lipinski definition) is 7. The molecule has 0 bridgehead atoms. The van der Waals surface area contributed by atoms with Gasteiger partial charge in [0.05, 0.1) is 35.9 Å². The Morgan fingerprint density at radius 1 is 0.861 bits per heavy atom. The summed E-state index contributed by atoms with van der Waals surface area (Å²) >= 11 is 0. The van der Waals surface area contributed by atoms with E-state index in [0.717, 1.165) is 0 Å². The standard InChI is InChI=1S/C26H24N2O7S/c1-16-11-18-12-17(9-10-23(18)28(16)36(32,33)22-7-5-4-6-8-22)24(29)27-21-14-19(25(30)34-2)13-20(15-21)26(31)35-3/h4-10,12-16H,11H2,1-3H3,(H,27,29)/t16-/m0/s1. The van der Waals surface area contributed by atoms with Crippen LogP contribution in [0.25, 0.3) is 0 Å². The number of sulfonamides is 1. The van der Waals surface area contributed by atoms with E-state index in [2.05, 4.69) is 5.32 Å². The van der Waals surface area contributed by atoms with Crippen molar-refractivity contribution in [3.63, 3.8) is 0 Å². The second kappa shape index (κ2) is 9.82. The number of carbonyl (C=O) groups is 3. The molecule has 1 N–H and O–H groups in total. The molecule has 0 radical (unpaired) electrons. The number of anilines is 2. The molecule has 1 amide bonds. The summed E-state index contributed by atoms with van der Waals surface area (Å²) in [6.45, 7) is 1.81. The quantitative estimate of drug-likeness (QED) is 0.505. The van der Waals surface area contributed by atoms with Gasteiger partial charge in [-0.15, -0.1) is 0 Å². The molecule has 0 fully saturated rings. The van der Waals surface area contributed by atoms with E-state index in [4.69, 9.17) is 9.47 Å². The largest absolute Gasteiger partial charge is 0.465 e. The van der Waals surface area contributed by atoms with Gasteiger partial charge in [0, 0.05) is 17.3 Å². The average molecular weight is 509 g/mol. The van der Waals surface area contributed by atoms with Gasteiger partial charge in [-0.3, -0.25) is 9.10 Å². The van der Waals surface area contributed by atoms with E-state index < -0.39 is 27.9 Å². The second-order valence-electron chi connectivity index (χ2n) is 8.25. The molecule has 9 nitrogen and oxygen atoms in total. The molecule has 4 rings (SSSR count). The van der Waals surface area contributed by atoms with Crippen LogP contribution in [0.15, 0.2) is 71.6 Å². The SMILES string of the molecule is COC(=O)c1cc(NC(=O)c2ccc3c(c2)C[C@H](C)N3S(=O)(=O)c2ccccc2)cc(C(=O)OC)c1. The summed E-state index contributed by atoms with van der Waals surface area (Å²) in [5, 5.41) is 2.68. The predicted octanol–water partition coefficient (Wildman–Crippen LogP) is 3.65. The maximum atomic E-state index is 13.3. The summed E-state index contributed by atoms with van der Waals surface area (Å²) < 4.78 is 37.3. The van der Waals surface area contributed by atoms with Gasteiger partial charge in [-0.1, -0.05) is 18.2 Å². The summed E-state index contributed by atoms with van der Waals surface area (Å²) in [6.07, 6.45) is 0.437. The smallest absolute Gasteiger partial charge is 0.337 e. The van der Waals surface area contributed by atoms with Gasteiger partial charge >= 0.3 is 11.9 Å². The number of amides is 1. The predicted molar refractivity (Wildman–Crippen MR) is 133 cm³/mol. The molecule has 1 aliphatic rings. The highest BCUT2D eigenvalue weighted by atomic mass is 32.2.